The Balaban J connectivity index is 0.00000220. The second kappa shape index (κ2) is 9.49. The Kier molecular flexibility index (Phi) is 8.37. The van der Waals surface area contributed by atoms with E-state index in [1.807, 2.05) is 12.1 Å². The van der Waals surface area contributed by atoms with Crippen LogP contribution >= 0.6 is 35.6 Å². The van der Waals surface area contributed by atoms with E-state index in [1.54, 1.807) is 6.07 Å². The maximum Gasteiger partial charge on any atom is 0.221 e. The van der Waals surface area contributed by atoms with Gasteiger partial charge in [0.15, 0.2) is 0 Å². The standard InChI is InChI=1S/C14H18Cl2N2O2.ClH/c15-12-3-1-2-10(14(12)16)4-5-18-13(19)8-11-9-20-7-6-17-11;/h1-3,11,17H,4-9H2,(H,18,19);1H. The minimum absolute atomic E-state index is 0. The third-order valence-electron chi connectivity index (χ3n) is 3.18. The topological polar surface area (TPSA) is 50.4 Å². The molecular formula is C14H19Cl3N2O2. The molecule has 0 aromatic heterocycles. The van der Waals surface area contributed by atoms with E-state index in [4.69, 9.17) is 27.9 Å². The third-order valence-corrected chi connectivity index (χ3v) is 4.04. The van der Waals surface area contributed by atoms with Crippen molar-refractivity contribution in [2.75, 3.05) is 26.3 Å². The van der Waals surface area contributed by atoms with E-state index in [-0.39, 0.29) is 24.4 Å². The van der Waals surface area contributed by atoms with Gasteiger partial charge in [-0.1, -0.05) is 35.3 Å². The minimum Gasteiger partial charge on any atom is -0.378 e. The molecule has 1 atom stereocenters. The number of hydrogen-bond donors (Lipinski definition) is 2. The first-order valence-corrected chi connectivity index (χ1v) is 7.43. The van der Waals surface area contributed by atoms with Crippen LogP contribution < -0.4 is 10.6 Å². The molecule has 1 saturated heterocycles. The van der Waals surface area contributed by atoms with E-state index in [0.717, 1.165) is 12.1 Å². The molecule has 0 aliphatic carbocycles. The van der Waals surface area contributed by atoms with Crippen LogP contribution in [0, 0.1) is 0 Å². The summed E-state index contributed by atoms with van der Waals surface area (Å²) < 4.78 is 5.31. The third kappa shape index (κ3) is 6.01. The van der Waals surface area contributed by atoms with Gasteiger partial charge in [-0.2, -0.15) is 0 Å². The first-order valence-electron chi connectivity index (χ1n) is 6.67. The van der Waals surface area contributed by atoms with Gasteiger partial charge in [0.1, 0.15) is 0 Å². The highest BCUT2D eigenvalue weighted by molar-refractivity contribution is 6.42. The molecule has 4 nitrogen and oxygen atoms in total. The minimum atomic E-state index is 0. The smallest absolute Gasteiger partial charge is 0.221 e. The predicted molar refractivity (Wildman–Crippen MR) is 87.7 cm³/mol. The van der Waals surface area contributed by atoms with E-state index >= 15 is 0 Å². The Morgan fingerprint density at radius 3 is 2.95 bits per heavy atom. The van der Waals surface area contributed by atoms with Gasteiger partial charge < -0.3 is 15.4 Å². The molecule has 1 amide bonds. The van der Waals surface area contributed by atoms with Crippen LogP contribution in [0.4, 0.5) is 0 Å². The molecule has 1 aromatic carbocycles. The number of carbonyl (C=O) groups excluding carboxylic acids is 1. The molecule has 1 aliphatic rings. The van der Waals surface area contributed by atoms with Crippen molar-refractivity contribution in [2.24, 2.45) is 0 Å². The SMILES string of the molecule is Cl.O=C(CC1COCCN1)NCCc1cccc(Cl)c1Cl. The summed E-state index contributed by atoms with van der Waals surface area (Å²) in [6.45, 7) is 2.65. The number of nitrogens with one attached hydrogen (secondary N) is 2. The summed E-state index contributed by atoms with van der Waals surface area (Å²) in [6, 6.07) is 5.63. The second-order valence-electron chi connectivity index (χ2n) is 4.74. The molecule has 2 rings (SSSR count). The zero-order valence-electron chi connectivity index (χ0n) is 11.5. The van der Waals surface area contributed by atoms with Crippen molar-refractivity contribution in [3.05, 3.63) is 33.8 Å². The van der Waals surface area contributed by atoms with Crippen molar-refractivity contribution in [3.63, 3.8) is 0 Å². The van der Waals surface area contributed by atoms with Crippen LogP contribution in [-0.2, 0) is 16.0 Å². The van der Waals surface area contributed by atoms with Gasteiger partial charge in [0.05, 0.1) is 23.3 Å². The first-order chi connectivity index (χ1) is 9.66. The zero-order valence-corrected chi connectivity index (χ0v) is 13.9. The summed E-state index contributed by atoms with van der Waals surface area (Å²) in [5.41, 5.74) is 0.943. The summed E-state index contributed by atoms with van der Waals surface area (Å²) in [5.74, 6) is 0.0196. The average molecular weight is 354 g/mol. The van der Waals surface area contributed by atoms with Crippen LogP contribution in [0.25, 0.3) is 0 Å². The highest BCUT2D eigenvalue weighted by Crippen LogP contribution is 2.25. The Morgan fingerprint density at radius 2 is 2.24 bits per heavy atom. The Morgan fingerprint density at radius 1 is 1.43 bits per heavy atom. The number of ether oxygens (including phenoxy) is 1. The van der Waals surface area contributed by atoms with E-state index in [9.17, 15) is 4.79 Å². The molecule has 21 heavy (non-hydrogen) atoms. The van der Waals surface area contributed by atoms with Gasteiger partial charge in [-0.15, -0.1) is 12.4 Å². The fraction of sp³-hybridized carbons (Fsp3) is 0.500. The largest absolute Gasteiger partial charge is 0.378 e. The van der Waals surface area contributed by atoms with Crippen molar-refractivity contribution >= 4 is 41.5 Å². The van der Waals surface area contributed by atoms with E-state index in [0.29, 0.717) is 42.6 Å². The van der Waals surface area contributed by atoms with Gasteiger partial charge in [-0.25, -0.2) is 0 Å². The molecular weight excluding hydrogens is 335 g/mol. The Hall–Kier alpha value is -0.520. The Labute approximate surface area is 140 Å². The molecule has 1 aromatic rings. The van der Waals surface area contributed by atoms with Crippen LogP contribution in [0.2, 0.25) is 10.0 Å². The van der Waals surface area contributed by atoms with E-state index < -0.39 is 0 Å². The van der Waals surface area contributed by atoms with Gasteiger partial charge in [0.25, 0.3) is 0 Å². The molecule has 0 radical (unpaired) electrons. The maximum atomic E-state index is 11.8. The normalized spacial score (nSPS) is 17.9. The molecule has 118 valence electrons. The number of halogens is 3. The van der Waals surface area contributed by atoms with Crippen molar-refractivity contribution in [1.82, 2.24) is 10.6 Å². The number of amides is 1. The number of morpholine rings is 1. The molecule has 0 spiro atoms. The van der Waals surface area contributed by atoms with Crippen molar-refractivity contribution < 1.29 is 9.53 Å². The number of rotatable bonds is 5. The molecule has 1 heterocycles. The summed E-state index contributed by atoms with van der Waals surface area (Å²) in [6.07, 6.45) is 1.10. The lowest BCUT2D eigenvalue weighted by Gasteiger charge is -2.23. The summed E-state index contributed by atoms with van der Waals surface area (Å²) in [5, 5.41) is 7.24. The number of carbonyl (C=O) groups is 1. The molecule has 7 heteroatoms. The summed E-state index contributed by atoms with van der Waals surface area (Å²) in [4.78, 5) is 11.8. The van der Waals surface area contributed by atoms with Crippen LogP contribution in [0.3, 0.4) is 0 Å². The quantitative estimate of drug-likeness (QED) is 0.855. The molecule has 0 saturated carbocycles. The van der Waals surface area contributed by atoms with Gasteiger partial charge >= 0.3 is 0 Å². The monoisotopic (exact) mass is 352 g/mol. The first kappa shape index (κ1) is 18.5. The predicted octanol–water partition coefficient (Wildman–Crippen LogP) is 2.45. The molecule has 1 aliphatic heterocycles. The van der Waals surface area contributed by atoms with Crippen LogP contribution in [0.1, 0.15) is 12.0 Å². The lowest BCUT2D eigenvalue weighted by molar-refractivity contribution is -0.122. The van der Waals surface area contributed by atoms with Gasteiger partial charge in [0, 0.05) is 25.6 Å². The Bertz CT molecular complexity index is 466. The van der Waals surface area contributed by atoms with Crippen molar-refractivity contribution in [3.8, 4) is 0 Å². The summed E-state index contributed by atoms with van der Waals surface area (Å²) >= 11 is 12.0. The molecule has 1 fully saturated rings. The fourth-order valence-corrected chi connectivity index (χ4v) is 2.54. The van der Waals surface area contributed by atoms with Gasteiger partial charge in [-0.3, -0.25) is 4.79 Å². The zero-order chi connectivity index (χ0) is 14.4. The van der Waals surface area contributed by atoms with Gasteiger partial charge in [-0.05, 0) is 18.1 Å². The average Bonchev–Trinajstić information content (AvgIpc) is 2.44. The fourth-order valence-electron chi connectivity index (χ4n) is 2.12. The highest BCUT2D eigenvalue weighted by atomic mass is 35.5. The molecule has 0 bridgehead atoms. The van der Waals surface area contributed by atoms with Gasteiger partial charge in [0.2, 0.25) is 5.91 Å². The van der Waals surface area contributed by atoms with E-state index in [1.165, 1.54) is 0 Å². The van der Waals surface area contributed by atoms with Crippen molar-refractivity contribution in [2.45, 2.75) is 18.9 Å². The van der Waals surface area contributed by atoms with Crippen LogP contribution in [0.15, 0.2) is 18.2 Å². The van der Waals surface area contributed by atoms with E-state index in [2.05, 4.69) is 10.6 Å². The lowest BCUT2D eigenvalue weighted by Crippen LogP contribution is -2.44. The van der Waals surface area contributed by atoms with Crippen LogP contribution in [0.5, 0.6) is 0 Å². The second-order valence-corrected chi connectivity index (χ2v) is 5.53. The lowest BCUT2D eigenvalue weighted by atomic mass is 10.1. The molecule has 1 unspecified atom stereocenters. The summed E-state index contributed by atoms with van der Waals surface area (Å²) in [7, 11) is 0. The van der Waals surface area contributed by atoms with Crippen molar-refractivity contribution in [1.29, 1.82) is 0 Å². The molecule has 2 N–H and O–H groups in total. The number of benzene rings is 1. The number of hydrogen-bond acceptors (Lipinski definition) is 3. The maximum absolute atomic E-state index is 11.8. The van der Waals surface area contributed by atoms with Crippen LogP contribution in [-0.4, -0.2) is 38.3 Å². The highest BCUT2D eigenvalue weighted by Gasteiger charge is 2.16.